The topological polar surface area (TPSA) is 12.5 Å². The lowest BCUT2D eigenvalue weighted by molar-refractivity contribution is -0.0262. The van der Waals surface area contributed by atoms with Gasteiger partial charge >= 0.3 is 0 Å². The third-order valence-corrected chi connectivity index (χ3v) is 2.02. The average Bonchev–Trinajstić information content (AvgIpc) is 1.99. The molecule has 0 saturated carbocycles. The fourth-order valence-corrected chi connectivity index (χ4v) is 1.47. The third kappa shape index (κ3) is 3.41. The van der Waals surface area contributed by atoms with Crippen molar-refractivity contribution in [3.63, 3.8) is 0 Å². The molecule has 0 aromatic carbocycles. The molecule has 2 unspecified atom stereocenters. The standard InChI is InChI=1S/C8H18ClNO/c1-5-10(6-2)8(11-4)7(3)9/h7-8H,5-6H2,1-4H3. The summed E-state index contributed by atoms with van der Waals surface area (Å²) in [5.74, 6) is 0. The molecule has 3 heteroatoms. The van der Waals surface area contributed by atoms with Crippen molar-refractivity contribution in [1.82, 2.24) is 4.90 Å². The van der Waals surface area contributed by atoms with Crippen molar-refractivity contribution in [1.29, 1.82) is 0 Å². The van der Waals surface area contributed by atoms with Crippen LogP contribution in [0.25, 0.3) is 0 Å². The minimum atomic E-state index is 0.0416. The van der Waals surface area contributed by atoms with E-state index in [0.717, 1.165) is 13.1 Å². The van der Waals surface area contributed by atoms with Gasteiger partial charge in [-0.3, -0.25) is 4.90 Å². The highest BCUT2D eigenvalue weighted by atomic mass is 35.5. The van der Waals surface area contributed by atoms with E-state index in [4.69, 9.17) is 16.3 Å². The SMILES string of the molecule is CCN(CC)C(OC)C(C)Cl. The molecule has 0 radical (unpaired) electrons. The van der Waals surface area contributed by atoms with Gasteiger partial charge in [-0.25, -0.2) is 0 Å². The molecule has 0 aromatic rings. The van der Waals surface area contributed by atoms with Gasteiger partial charge in [-0.05, 0) is 20.0 Å². The molecule has 0 fully saturated rings. The zero-order chi connectivity index (χ0) is 8.85. The third-order valence-electron chi connectivity index (χ3n) is 1.81. The molecular weight excluding hydrogens is 162 g/mol. The van der Waals surface area contributed by atoms with Crippen molar-refractivity contribution in [2.75, 3.05) is 20.2 Å². The van der Waals surface area contributed by atoms with Crippen LogP contribution in [-0.2, 0) is 4.74 Å². The largest absolute Gasteiger partial charge is 0.365 e. The van der Waals surface area contributed by atoms with E-state index >= 15 is 0 Å². The zero-order valence-corrected chi connectivity index (χ0v) is 8.56. The van der Waals surface area contributed by atoms with Gasteiger partial charge in [0.15, 0.2) is 0 Å². The number of alkyl halides is 1. The molecule has 0 aliphatic rings. The second kappa shape index (κ2) is 5.81. The van der Waals surface area contributed by atoms with Gasteiger partial charge in [-0.1, -0.05) is 13.8 Å². The number of hydrogen-bond acceptors (Lipinski definition) is 2. The Morgan fingerprint density at radius 1 is 1.36 bits per heavy atom. The Balaban J connectivity index is 3.98. The molecule has 0 saturated heterocycles. The van der Waals surface area contributed by atoms with Gasteiger partial charge < -0.3 is 4.74 Å². The van der Waals surface area contributed by atoms with E-state index in [-0.39, 0.29) is 11.6 Å². The number of nitrogens with zero attached hydrogens (tertiary/aromatic N) is 1. The summed E-state index contributed by atoms with van der Waals surface area (Å²) in [4.78, 5) is 2.19. The zero-order valence-electron chi connectivity index (χ0n) is 7.80. The first-order valence-corrected chi connectivity index (χ1v) is 4.51. The maximum Gasteiger partial charge on any atom is 0.126 e. The monoisotopic (exact) mass is 179 g/mol. The molecule has 0 rings (SSSR count). The van der Waals surface area contributed by atoms with Crippen LogP contribution in [0, 0.1) is 0 Å². The summed E-state index contributed by atoms with van der Waals surface area (Å²) in [6, 6.07) is 0. The van der Waals surface area contributed by atoms with Crippen LogP contribution in [0.1, 0.15) is 20.8 Å². The summed E-state index contributed by atoms with van der Waals surface area (Å²) >= 11 is 5.93. The van der Waals surface area contributed by atoms with Crippen molar-refractivity contribution in [3.05, 3.63) is 0 Å². The molecule has 0 aliphatic carbocycles. The molecular formula is C8H18ClNO. The number of rotatable bonds is 5. The van der Waals surface area contributed by atoms with Crippen LogP contribution in [0.3, 0.4) is 0 Å². The summed E-state index contributed by atoms with van der Waals surface area (Å²) < 4.78 is 5.25. The Labute approximate surface area is 74.5 Å². The first-order valence-electron chi connectivity index (χ1n) is 4.08. The van der Waals surface area contributed by atoms with Crippen LogP contribution in [-0.4, -0.2) is 36.7 Å². The Morgan fingerprint density at radius 3 is 1.91 bits per heavy atom. The van der Waals surface area contributed by atoms with E-state index in [1.54, 1.807) is 7.11 Å². The minimum absolute atomic E-state index is 0.0416. The fraction of sp³-hybridized carbons (Fsp3) is 1.00. The molecule has 0 amide bonds. The second-order valence-electron chi connectivity index (χ2n) is 2.53. The van der Waals surface area contributed by atoms with E-state index in [0.29, 0.717) is 0 Å². The number of hydrogen-bond donors (Lipinski definition) is 0. The van der Waals surface area contributed by atoms with Crippen LogP contribution in [0.5, 0.6) is 0 Å². The maximum atomic E-state index is 5.93. The van der Waals surface area contributed by atoms with Crippen molar-refractivity contribution in [2.45, 2.75) is 32.4 Å². The molecule has 0 N–H and O–H groups in total. The minimum Gasteiger partial charge on any atom is -0.365 e. The van der Waals surface area contributed by atoms with Crippen molar-refractivity contribution in [2.24, 2.45) is 0 Å². The van der Waals surface area contributed by atoms with Crippen LogP contribution < -0.4 is 0 Å². The molecule has 68 valence electrons. The molecule has 0 bridgehead atoms. The predicted octanol–water partition coefficient (Wildman–Crippen LogP) is 1.93. The van der Waals surface area contributed by atoms with Gasteiger partial charge in [0.1, 0.15) is 6.23 Å². The molecule has 0 heterocycles. The highest BCUT2D eigenvalue weighted by molar-refractivity contribution is 6.20. The van der Waals surface area contributed by atoms with E-state index in [1.165, 1.54) is 0 Å². The highest BCUT2D eigenvalue weighted by Gasteiger charge is 2.19. The summed E-state index contributed by atoms with van der Waals surface area (Å²) in [6.07, 6.45) is 0.0478. The summed E-state index contributed by atoms with van der Waals surface area (Å²) in [5, 5.41) is 0.0416. The molecule has 2 atom stereocenters. The van der Waals surface area contributed by atoms with Gasteiger partial charge in [-0.15, -0.1) is 11.6 Å². The number of methoxy groups -OCH3 is 1. The van der Waals surface area contributed by atoms with Crippen LogP contribution >= 0.6 is 11.6 Å². The van der Waals surface area contributed by atoms with Crippen molar-refractivity contribution < 1.29 is 4.74 Å². The van der Waals surface area contributed by atoms with Gasteiger partial charge in [0.25, 0.3) is 0 Å². The van der Waals surface area contributed by atoms with Gasteiger partial charge in [-0.2, -0.15) is 0 Å². The first kappa shape index (κ1) is 11.2. The lowest BCUT2D eigenvalue weighted by Gasteiger charge is -2.29. The van der Waals surface area contributed by atoms with Crippen molar-refractivity contribution >= 4 is 11.6 Å². The maximum absolute atomic E-state index is 5.93. The van der Waals surface area contributed by atoms with E-state index in [1.807, 2.05) is 6.92 Å². The molecule has 11 heavy (non-hydrogen) atoms. The van der Waals surface area contributed by atoms with Crippen LogP contribution in [0.4, 0.5) is 0 Å². The lowest BCUT2D eigenvalue weighted by atomic mass is 10.3. The van der Waals surface area contributed by atoms with E-state index in [2.05, 4.69) is 18.7 Å². The Hall–Kier alpha value is 0.210. The van der Waals surface area contributed by atoms with Gasteiger partial charge in [0.2, 0.25) is 0 Å². The van der Waals surface area contributed by atoms with Crippen LogP contribution in [0.15, 0.2) is 0 Å². The number of ether oxygens (including phenoxy) is 1. The predicted molar refractivity (Wildman–Crippen MR) is 49.0 cm³/mol. The first-order chi connectivity index (χ1) is 5.17. The second-order valence-corrected chi connectivity index (χ2v) is 3.21. The lowest BCUT2D eigenvalue weighted by Crippen LogP contribution is -2.41. The Bertz CT molecular complexity index is 94.1. The quantitative estimate of drug-likeness (QED) is 0.473. The Morgan fingerprint density at radius 2 is 1.82 bits per heavy atom. The fourth-order valence-electron chi connectivity index (χ4n) is 1.21. The van der Waals surface area contributed by atoms with Gasteiger partial charge in [0.05, 0.1) is 5.38 Å². The summed E-state index contributed by atoms with van der Waals surface area (Å²) in [7, 11) is 1.70. The van der Waals surface area contributed by atoms with Crippen molar-refractivity contribution in [3.8, 4) is 0 Å². The highest BCUT2D eigenvalue weighted by Crippen LogP contribution is 2.10. The Kier molecular flexibility index (Phi) is 5.92. The molecule has 0 spiro atoms. The summed E-state index contributed by atoms with van der Waals surface area (Å²) in [6.45, 7) is 8.12. The molecule has 0 aliphatic heterocycles. The van der Waals surface area contributed by atoms with Gasteiger partial charge in [0, 0.05) is 7.11 Å². The average molecular weight is 180 g/mol. The molecule has 0 aromatic heterocycles. The molecule has 2 nitrogen and oxygen atoms in total. The number of halogens is 1. The van der Waals surface area contributed by atoms with Crippen LogP contribution in [0.2, 0.25) is 0 Å². The normalized spacial score (nSPS) is 16.9. The summed E-state index contributed by atoms with van der Waals surface area (Å²) in [5.41, 5.74) is 0. The van der Waals surface area contributed by atoms with E-state index in [9.17, 15) is 0 Å². The smallest absolute Gasteiger partial charge is 0.126 e. The van der Waals surface area contributed by atoms with E-state index < -0.39 is 0 Å².